The van der Waals surface area contributed by atoms with Gasteiger partial charge in [-0.1, -0.05) is 25.1 Å². The number of hydrogen-bond donors (Lipinski definition) is 2. The molecule has 154 valence electrons. The van der Waals surface area contributed by atoms with E-state index in [4.69, 9.17) is 0 Å². The van der Waals surface area contributed by atoms with Gasteiger partial charge in [-0.25, -0.2) is 9.78 Å². The molecule has 0 atom stereocenters. The van der Waals surface area contributed by atoms with Crippen LogP contribution in [0.1, 0.15) is 51.7 Å². The summed E-state index contributed by atoms with van der Waals surface area (Å²) >= 11 is 0. The zero-order chi connectivity index (χ0) is 21.5. The molecule has 2 heterocycles. The van der Waals surface area contributed by atoms with Crippen molar-refractivity contribution in [3.63, 3.8) is 0 Å². The molecule has 2 N–H and O–H groups in total. The van der Waals surface area contributed by atoms with Crippen LogP contribution in [0.25, 0.3) is 0 Å². The summed E-state index contributed by atoms with van der Waals surface area (Å²) in [6, 6.07) is 13.3. The third-order valence-electron chi connectivity index (χ3n) is 4.84. The first-order valence-corrected chi connectivity index (χ1v) is 9.98. The number of urea groups is 1. The maximum absolute atomic E-state index is 12.1. The lowest BCUT2D eigenvalue weighted by atomic mass is 9.98. The molecule has 0 aliphatic heterocycles. The van der Waals surface area contributed by atoms with Crippen LogP contribution >= 0.6 is 0 Å². The number of ketones is 1. The van der Waals surface area contributed by atoms with Crippen LogP contribution in [0.4, 0.5) is 10.6 Å². The number of nitrogens with one attached hydrogen (secondary N) is 2. The fraction of sp³-hybridized carbons (Fsp3) is 0.250. The summed E-state index contributed by atoms with van der Waals surface area (Å²) in [7, 11) is 0. The largest absolute Gasteiger partial charge is 0.334 e. The van der Waals surface area contributed by atoms with Crippen LogP contribution in [0.15, 0.2) is 54.9 Å². The number of amides is 2. The normalized spacial score (nSPS) is 10.5. The van der Waals surface area contributed by atoms with E-state index in [9.17, 15) is 9.59 Å². The van der Waals surface area contributed by atoms with Gasteiger partial charge in [0.25, 0.3) is 0 Å². The van der Waals surface area contributed by atoms with Gasteiger partial charge >= 0.3 is 6.03 Å². The fourth-order valence-electron chi connectivity index (χ4n) is 3.15. The highest BCUT2D eigenvalue weighted by atomic mass is 16.2. The molecular formula is C24H26N4O2. The van der Waals surface area contributed by atoms with Crippen LogP contribution in [0.5, 0.6) is 0 Å². The van der Waals surface area contributed by atoms with Crippen molar-refractivity contribution in [3.05, 3.63) is 88.4 Å². The van der Waals surface area contributed by atoms with Gasteiger partial charge in [-0.05, 0) is 72.4 Å². The number of anilines is 1. The van der Waals surface area contributed by atoms with Crippen LogP contribution < -0.4 is 10.6 Å². The van der Waals surface area contributed by atoms with Gasteiger partial charge in [0.15, 0.2) is 5.78 Å². The summed E-state index contributed by atoms with van der Waals surface area (Å²) in [5.74, 6) is 0.575. The molecule has 2 aromatic heterocycles. The van der Waals surface area contributed by atoms with Crippen LogP contribution in [0.2, 0.25) is 0 Å². The van der Waals surface area contributed by atoms with Crippen molar-refractivity contribution < 1.29 is 9.59 Å². The summed E-state index contributed by atoms with van der Waals surface area (Å²) in [6.07, 6.45) is 4.53. The number of pyridine rings is 2. The minimum atomic E-state index is -0.292. The molecule has 0 spiro atoms. The Kier molecular flexibility index (Phi) is 6.91. The third kappa shape index (κ3) is 5.73. The summed E-state index contributed by atoms with van der Waals surface area (Å²) in [5.41, 5.74) is 5.93. The Morgan fingerprint density at radius 3 is 2.47 bits per heavy atom. The number of benzene rings is 1. The second-order valence-corrected chi connectivity index (χ2v) is 7.29. The van der Waals surface area contributed by atoms with Crippen molar-refractivity contribution >= 4 is 17.6 Å². The highest BCUT2D eigenvalue weighted by Crippen LogP contribution is 2.17. The minimum absolute atomic E-state index is 0.0501. The monoisotopic (exact) mass is 402 g/mol. The molecule has 0 radical (unpaired) electrons. The topological polar surface area (TPSA) is 84.0 Å². The molecule has 6 nitrogen and oxygen atoms in total. The molecule has 2 amide bonds. The number of Topliss-reactive ketones (excluding diaryl/α,β-unsaturated/α-hetero) is 1. The quantitative estimate of drug-likeness (QED) is 0.566. The van der Waals surface area contributed by atoms with E-state index in [0.29, 0.717) is 24.5 Å². The van der Waals surface area contributed by atoms with E-state index in [2.05, 4.69) is 39.7 Å². The van der Waals surface area contributed by atoms with Crippen molar-refractivity contribution in [1.82, 2.24) is 15.3 Å². The lowest BCUT2D eigenvalue weighted by Crippen LogP contribution is -2.28. The summed E-state index contributed by atoms with van der Waals surface area (Å²) < 4.78 is 0. The molecule has 0 saturated heterocycles. The molecule has 3 rings (SSSR count). The Labute approximate surface area is 176 Å². The second-order valence-electron chi connectivity index (χ2n) is 7.29. The first-order valence-electron chi connectivity index (χ1n) is 9.98. The number of carbonyl (C=O) groups excluding carboxylic acids is 2. The number of nitrogens with zero attached hydrogens (tertiary/aromatic N) is 2. The highest BCUT2D eigenvalue weighted by molar-refractivity contribution is 5.94. The lowest BCUT2D eigenvalue weighted by Gasteiger charge is -2.11. The predicted octanol–water partition coefficient (Wildman–Crippen LogP) is 4.60. The first kappa shape index (κ1) is 21.2. The maximum atomic E-state index is 12.1. The Bertz CT molecular complexity index is 1060. The van der Waals surface area contributed by atoms with Crippen molar-refractivity contribution in [2.75, 3.05) is 5.32 Å². The Hall–Kier alpha value is -3.54. The molecule has 0 fully saturated rings. The van der Waals surface area contributed by atoms with Gasteiger partial charge in [0, 0.05) is 25.4 Å². The molecule has 0 saturated carbocycles. The Morgan fingerprint density at radius 2 is 1.73 bits per heavy atom. The van der Waals surface area contributed by atoms with E-state index in [1.165, 1.54) is 5.56 Å². The molecule has 30 heavy (non-hydrogen) atoms. The molecule has 6 heteroatoms. The van der Waals surface area contributed by atoms with Gasteiger partial charge < -0.3 is 5.32 Å². The average Bonchev–Trinajstić information content (AvgIpc) is 2.73. The van der Waals surface area contributed by atoms with Gasteiger partial charge in [-0.2, -0.15) is 0 Å². The molecule has 0 aliphatic rings. The first-order chi connectivity index (χ1) is 14.4. The maximum Gasteiger partial charge on any atom is 0.320 e. The Morgan fingerprint density at radius 1 is 0.933 bits per heavy atom. The zero-order valence-electron chi connectivity index (χ0n) is 17.5. The number of rotatable bonds is 7. The molecular weight excluding hydrogens is 376 g/mol. The van der Waals surface area contributed by atoms with Gasteiger partial charge in [-0.15, -0.1) is 0 Å². The van der Waals surface area contributed by atoms with Gasteiger partial charge in [0.2, 0.25) is 0 Å². The third-order valence-corrected chi connectivity index (χ3v) is 4.84. The van der Waals surface area contributed by atoms with E-state index in [1.54, 1.807) is 12.4 Å². The molecule has 0 bridgehead atoms. The zero-order valence-corrected chi connectivity index (χ0v) is 17.5. The fourth-order valence-corrected chi connectivity index (χ4v) is 3.15. The van der Waals surface area contributed by atoms with Crippen molar-refractivity contribution in [3.8, 4) is 0 Å². The number of aryl methyl sites for hydroxylation is 2. The predicted molar refractivity (Wildman–Crippen MR) is 118 cm³/mol. The number of aromatic nitrogens is 2. The smallest absolute Gasteiger partial charge is 0.320 e. The van der Waals surface area contributed by atoms with Gasteiger partial charge in [-0.3, -0.25) is 15.1 Å². The van der Waals surface area contributed by atoms with Crippen LogP contribution in [-0.2, 0) is 13.0 Å². The van der Waals surface area contributed by atoms with E-state index in [0.717, 1.165) is 28.7 Å². The highest BCUT2D eigenvalue weighted by Gasteiger charge is 2.08. The minimum Gasteiger partial charge on any atom is -0.334 e. The van der Waals surface area contributed by atoms with Crippen LogP contribution in [-0.4, -0.2) is 21.8 Å². The average molecular weight is 402 g/mol. The van der Waals surface area contributed by atoms with E-state index < -0.39 is 0 Å². The van der Waals surface area contributed by atoms with Crippen molar-refractivity contribution in [2.45, 2.75) is 40.2 Å². The standard InChI is InChI=1S/C24H26N4O2/c1-4-22(29)21-14-18(8-10-25-21)13-20-6-5-19(12-17(20)3)15-27-24(30)28-23-11-16(2)7-9-26-23/h5-12,14H,4,13,15H2,1-3H3,(H2,26,27,28,30). The molecule has 0 aliphatic carbocycles. The second kappa shape index (κ2) is 9.78. The number of hydrogen-bond acceptors (Lipinski definition) is 4. The van der Waals surface area contributed by atoms with Crippen molar-refractivity contribution in [1.29, 1.82) is 0 Å². The van der Waals surface area contributed by atoms with E-state index >= 15 is 0 Å². The number of carbonyl (C=O) groups is 2. The van der Waals surface area contributed by atoms with Gasteiger partial charge in [0.1, 0.15) is 11.5 Å². The summed E-state index contributed by atoms with van der Waals surface area (Å²) in [5, 5.41) is 5.59. The van der Waals surface area contributed by atoms with Crippen molar-refractivity contribution in [2.24, 2.45) is 0 Å². The van der Waals surface area contributed by atoms with E-state index in [-0.39, 0.29) is 11.8 Å². The van der Waals surface area contributed by atoms with Crippen LogP contribution in [0.3, 0.4) is 0 Å². The molecule has 1 aromatic carbocycles. The van der Waals surface area contributed by atoms with Crippen LogP contribution in [0, 0.1) is 13.8 Å². The lowest BCUT2D eigenvalue weighted by molar-refractivity contribution is 0.0983. The van der Waals surface area contributed by atoms with E-state index in [1.807, 2.05) is 44.2 Å². The summed E-state index contributed by atoms with van der Waals surface area (Å²) in [6.45, 7) is 6.26. The Balaban J connectivity index is 1.60. The molecule has 3 aromatic rings. The van der Waals surface area contributed by atoms with Gasteiger partial charge in [0.05, 0.1) is 0 Å². The SMILES string of the molecule is CCC(=O)c1cc(Cc2ccc(CNC(=O)Nc3cc(C)ccn3)cc2C)ccn1. The summed E-state index contributed by atoms with van der Waals surface area (Å²) in [4.78, 5) is 32.3. The molecule has 0 unspecified atom stereocenters.